The molecule has 1 aromatic heterocycles. The summed E-state index contributed by atoms with van der Waals surface area (Å²) < 4.78 is 51.2. The third-order valence-electron chi connectivity index (χ3n) is 1.33. The van der Waals surface area contributed by atoms with Gasteiger partial charge < -0.3 is 4.18 Å². The Labute approximate surface area is 79.7 Å². The molecule has 0 saturated heterocycles. The minimum absolute atomic E-state index is 0.314. The molecule has 1 heterocycles. The average Bonchev–Trinajstić information content (AvgIpc) is 2.10. The normalized spacial score (nSPS) is 11.4. The summed E-state index contributed by atoms with van der Waals surface area (Å²) in [6, 6.07) is 0.494. The summed E-state index contributed by atoms with van der Waals surface area (Å²) in [7, 11) is -3.83. The van der Waals surface area contributed by atoms with Gasteiger partial charge in [0.15, 0.2) is 5.82 Å². The number of hydrogen-bond acceptors (Lipinski definition) is 4. The first-order valence-electron chi connectivity index (χ1n) is 3.68. The number of nitrogens with zero attached hydrogens (tertiary/aromatic N) is 1. The van der Waals surface area contributed by atoms with Crippen LogP contribution >= 0.6 is 0 Å². The Morgan fingerprint density at radius 2 is 2.14 bits per heavy atom. The molecular weight excluding hydrogens is 216 g/mol. The molecule has 0 fully saturated rings. The molecule has 0 aromatic carbocycles. The zero-order chi connectivity index (χ0) is 10.8. The molecule has 0 aliphatic rings. The maximum Gasteiger partial charge on any atom is 0.310 e. The van der Waals surface area contributed by atoms with Crippen molar-refractivity contribution in [2.45, 2.75) is 6.92 Å². The lowest BCUT2D eigenvalue weighted by molar-refractivity contribution is 0.443. The molecule has 78 valence electrons. The second kappa shape index (κ2) is 3.87. The van der Waals surface area contributed by atoms with Crippen LogP contribution in [-0.4, -0.2) is 19.2 Å². The largest absolute Gasteiger partial charge is 0.358 e. The van der Waals surface area contributed by atoms with Crippen LogP contribution in [0.25, 0.3) is 0 Å². The maximum atomic E-state index is 12.8. The van der Waals surface area contributed by atoms with Gasteiger partial charge in [0, 0.05) is 6.07 Å². The predicted octanol–water partition coefficient (Wildman–Crippen LogP) is 1.09. The van der Waals surface area contributed by atoms with E-state index in [1.807, 2.05) is 0 Å². The number of pyridine rings is 1. The molecule has 0 saturated carbocycles. The molecule has 14 heavy (non-hydrogen) atoms. The first-order chi connectivity index (χ1) is 6.44. The van der Waals surface area contributed by atoms with Crippen molar-refractivity contribution in [3.05, 3.63) is 23.9 Å². The minimum atomic E-state index is -3.83. The van der Waals surface area contributed by atoms with E-state index in [-0.39, 0.29) is 5.75 Å². The highest BCUT2D eigenvalue weighted by Gasteiger charge is 2.14. The highest BCUT2D eigenvalue weighted by molar-refractivity contribution is 7.87. The molecule has 0 unspecified atom stereocenters. The molecule has 4 nitrogen and oxygen atoms in total. The van der Waals surface area contributed by atoms with Gasteiger partial charge >= 0.3 is 10.1 Å². The summed E-state index contributed by atoms with van der Waals surface area (Å²) in [5.74, 6) is -3.11. The fraction of sp³-hybridized carbons (Fsp3) is 0.286. The van der Waals surface area contributed by atoms with Crippen LogP contribution in [0.4, 0.5) is 8.78 Å². The lowest BCUT2D eigenvalue weighted by atomic mass is 10.4. The van der Waals surface area contributed by atoms with Gasteiger partial charge in [-0.1, -0.05) is 0 Å². The Bertz CT molecular complexity index is 433. The summed E-state index contributed by atoms with van der Waals surface area (Å²) >= 11 is 0. The number of halogens is 2. The van der Waals surface area contributed by atoms with E-state index in [2.05, 4.69) is 9.17 Å². The molecule has 0 atom stereocenters. The van der Waals surface area contributed by atoms with E-state index in [0.29, 0.717) is 12.3 Å². The second-order valence-electron chi connectivity index (χ2n) is 2.37. The Kier molecular flexibility index (Phi) is 3.00. The van der Waals surface area contributed by atoms with Gasteiger partial charge in [0.1, 0.15) is 5.82 Å². The molecule has 0 amide bonds. The zero-order valence-electron chi connectivity index (χ0n) is 7.20. The lowest BCUT2D eigenvalue weighted by Crippen LogP contribution is -2.13. The molecule has 0 radical (unpaired) electrons. The van der Waals surface area contributed by atoms with Gasteiger partial charge in [-0.05, 0) is 6.92 Å². The molecule has 1 rings (SSSR count). The van der Waals surface area contributed by atoms with Crippen LogP contribution in [0.3, 0.4) is 0 Å². The molecule has 0 N–H and O–H groups in total. The van der Waals surface area contributed by atoms with Crippen LogP contribution < -0.4 is 4.18 Å². The van der Waals surface area contributed by atoms with E-state index in [1.165, 1.54) is 6.92 Å². The van der Waals surface area contributed by atoms with E-state index < -0.39 is 27.6 Å². The summed E-state index contributed by atoms with van der Waals surface area (Å²) in [4.78, 5) is 3.16. The van der Waals surface area contributed by atoms with Crippen LogP contribution in [-0.2, 0) is 10.1 Å². The Morgan fingerprint density at radius 3 is 2.64 bits per heavy atom. The highest BCUT2D eigenvalue weighted by atomic mass is 32.2. The maximum absolute atomic E-state index is 12.8. The third kappa shape index (κ3) is 2.63. The molecular formula is C7H7F2NO3S. The van der Waals surface area contributed by atoms with Gasteiger partial charge in [-0.15, -0.1) is 0 Å². The number of rotatable bonds is 3. The topological polar surface area (TPSA) is 56.3 Å². The molecule has 7 heteroatoms. The molecule has 0 aliphatic heterocycles. The molecule has 1 aromatic rings. The van der Waals surface area contributed by atoms with Gasteiger partial charge in [0.05, 0.1) is 11.9 Å². The smallest absolute Gasteiger partial charge is 0.310 e. The van der Waals surface area contributed by atoms with Crippen molar-refractivity contribution in [2.24, 2.45) is 0 Å². The minimum Gasteiger partial charge on any atom is -0.358 e. The fourth-order valence-corrected chi connectivity index (χ4v) is 1.12. The molecule has 0 aliphatic carbocycles. The standard InChI is InChI=1S/C7H7F2NO3S/c1-2-14(11,12)13-7-6(9)3-5(8)4-10-7/h3-4H,2H2,1H3. The molecule has 0 bridgehead atoms. The van der Waals surface area contributed by atoms with Gasteiger partial charge in [0.25, 0.3) is 5.88 Å². The summed E-state index contributed by atoms with van der Waals surface area (Å²) in [6.07, 6.45) is 0.670. The first kappa shape index (κ1) is 10.8. The predicted molar refractivity (Wildman–Crippen MR) is 44.2 cm³/mol. The average molecular weight is 223 g/mol. The van der Waals surface area contributed by atoms with Crippen LogP contribution in [0.15, 0.2) is 12.3 Å². The van der Waals surface area contributed by atoms with E-state index >= 15 is 0 Å². The van der Waals surface area contributed by atoms with Gasteiger partial charge in [0.2, 0.25) is 0 Å². The van der Waals surface area contributed by atoms with Crippen molar-refractivity contribution in [1.82, 2.24) is 4.98 Å². The van der Waals surface area contributed by atoms with Crippen molar-refractivity contribution >= 4 is 10.1 Å². The van der Waals surface area contributed by atoms with Crippen LogP contribution in [0, 0.1) is 11.6 Å². The van der Waals surface area contributed by atoms with Crippen molar-refractivity contribution in [3.63, 3.8) is 0 Å². The van der Waals surface area contributed by atoms with Gasteiger partial charge in [-0.25, -0.2) is 13.8 Å². The van der Waals surface area contributed by atoms with E-state index in [9.17, 15) is 17.2 Å². The SMILES string of the molecule is CCS(=O)(=O)Oc1ncc(F)cc1F. The van der Waals surface area contributed by atoms with Crippen LogP contribution in [0.5, 0.6) is 5.88 Å². The van der Waals surface area contributed by atoms with Crippen molar-refractivity contribution < 1.29 is 21.4 Å². The van der Waals surface area contributed by atoms with Crippen LogP contribution in [0.1, 0.15) is 6.92 Å². The molecule has 0 spiro atoms. The highest BCUT2D eigenvalue weighted by Crippen LogP contribution is 2.15. The second-order valence-corrected chi connectivity index (χ2v) is 4.23. The van der Waals surface area contributed by atoms with Crippen molar-refractivity contribution in [1.29, 1.82) is 0 Å². The lowest BCUT2D eigenvalue weighted by Gasteiger charge is -2.03. The summed E-state index contributed by atoms with van der Waals surface area (Å²) in [6.45, 7) is 1.33. The van der Waals surface area contributed by atoms with Crippen molar-refractivity contribution in [2.75, 3.05) is 5.75 Å². The summed E-state index contributed by atoms with van der Waals surface area (Å²) in [5, 5.41) is 0. The van der Waals surface area contributed by atoms with Crippen LogP contribution in [0.2, 0.25) is 0 Å². The van der Waals surface area contributed by atoms with Crippen molar-refractivity contribution in [3.8, 4) is 5.88 Å². The number of hydrogen-bond donors (Lipinski definition) is 0. The first-order valence-corrected chi connectivity index (χ1v) is 5.25. The Morgan fingerprint density at radius 1 is 1.50 bits per heavy atom. The van der Waals surface area contributed by atoms with E-state index in [4.69, 9.17) is 0 Å². The monoisotopic (exact) mass is 223 g/mol. The third-order valence-corrected chi connectivity index (χ3v) is 2.45. The van der Waals surface area contributed by atoms with E-state index in [0.717, 1.165) is 0 Å². The summed E-state index contributed by atoms with van der Waals surface area (Å²) in [5.41, 5.74) is 0. The fourth-order valence-electron chi connectivity index (χ4n) is 0.643. The number of aromatic nitrogens is 1. The van der Waals surface area contributed by atoms with E-state index in [1.54, 1.807) is 0 Å². The zero-order valence-corrected chi connectivity index (χ0v) is 8.01. The quantitative estimate of drug-likeness (QED) is 0.720. The van der Waals surface area contributed by atoms with Gasteiger partial charge in [-0.3, -0.25) is 0 Å². The Hall–Kier alpha value is -1.24. The Balaban J connectivity index is 2.99. The van der Waals surface area contributed by atoms with Gasteiger partial charge in [-0.2, -0.15) is 8.42 Å².